The normalized spacial score (nSPS) is 10.4. The van der Waals surface area contributed by atoms with Crippen molar-refractivity contribution in [3.05, 3.63) is 101 Å². The molecule has 0 radical (unpaired) electrons. The number of aromatic nitrogens is 3. The minimum atomic E-state index is 0.369. The van der Waals surface area contributed by atoms with Crippen molar-refractivity contribution in [1.29, 1.82) is 10.5 Å². The van der Waals surface area contributed by atoms with E-state index in [1.807, 2.05) is 47.0 Å². The average Bonchev–Trinajstić information content (AvgIpc) is 3.31. The van der Waals surface area contributed by atoms with E-state index in [1.165, 1.54) is 0 Å². The van der Waals surface area contributed by atoms with E-state index in [0.29, 0.717) is 30.9 Å². The molecule has 7 nitrogen and oxygen atoms in total. The van der Waals surface area contributed by atoms with Crippen LogP contribution in [-0.2, 0) is 24.5 Å². The Morgan fingerprint density at radius 3 is 2.55 bits per heavy atom. The lowest BCUT2D eigenvalue weighted by Crippen LogP contribution is -2.06. The average molecular weight is 435 g/mol. The Kier molecular flexibility index (Phi) is 6.75. The standard InChI is InChI=1S/C26H21N5O2/c1-32-25-4-2-3-21(10-25)26-9-19(11-27)5-7-22(26)16-33-17-24-14-29-18-31(24)15-23-8-6-20(12-28)13-30-23/h2-10,13-14,18H,15-17H2,1H3. The molecular weight excluding hydrogens is 414 g/mol. The first-order valence-corrected chi connectivity index (χ1v) is 10.3. The lowest BCUT2D eigenvalue weighted by atomic mass is 9.97. The molecule has 2 aromatic heterocycles. The third-order valence-electron chi connectivity index (χ3n) is 5.21. The molecule has 0 N–H and O–H groups in total. The minimum Gasteiger partial charge on any atom is -0.497 e. The highest BCUT2D eigenvalue weighted by molar-refractivity contribution is 5.70. The van der Waals surface area contributed by atoms with Crippen LogP contribution in [0.15, 0.2) is 73.3 Å². The molecule has 162 valence electrons. The van der Waals surface area contributed by atoms with Gasteiger partial charge in [-0.2, -0.15) is 10.5 Å². The number of ether oxygens (including phenoxy) is 2. The van der Waals surface area contributed by atoms with Crippen molar-refractivity contribution in [3.8, 4) is 29.0 Å². The van der Waals surface area contributed by atoms with Crippen molar-refractivity contribution in [2.45, 2.75) is 19.8 Å². The SMILES string of the molecule is COc1cccc(-c2cc(C#N)ccc2COCc2cncn2Cc2ccc(C#N)cn2)c1. The van der Waals surface area contributed by atoms with Crippen molar-refractivity contribution in [1.82, 2.24) is 14.5 Å². The first kappa shape index (κ1) is 21.8. The van der Waals surface area contributed by atoms with Gasteiger partial charge in [0.05, 0.1) is 68.0 Å². The molecule has 0 aliphatic heterocycles. The van der Waals surface area contributed by atoms with Crippen LogP contribution in [0.2, 0.25) is 0 Å². The van der Waals surface area contributed by atoms with Gasteiger partial charge in [0, 0.05) is 6.20 Å². The van der Waals surface area contributed by atoms with Crippen LogP contribution < -0.4 is 4.74 Å². The number of benzene rings is 2. The Morgan fingerprint density at radius 1 is 0.939 bits per heavy atom. The molecule has 0 aliphatic rings. The quantitative estimate of drug-likeness (QED) is 0.405. The molecule has 0 atom stereocenters. The van der Waals surface area contributed by atoms with Crippen molar-refractivity contribution in [2.24, 2.45) is 0 Å². The number of nitriles is 2. The van der Waals surface area contributed by atoms with Crippen molar-refractivity contribution in [2.75, 3.05) is 7.11 Å². The van der Waals surface area contributed by atoms with Gasteiger partial charge in [0.25, 0.3) is 0 Å². The summed E-state index contributed by atoms with van der Waals surface area (Å²) in [5.41, 5.74) is 5.73. The second kappa shape index (κ2) is 10.2. The molecule has 2 aromatic carbocycles. The summed E-state index contributed by atoms with van der Waals surface area (Å²) in [6, 6.07) is 21.2. The molecule has 0 saturated heterocycles. The minimum absolute atomic E-state index is 0.369. The largest absolute Gasteiger partial charge is 0.497 e. The van der Waals surface area contributed by atoms with Gasteiger partial charge in [-0.3, -0.25) is 4.98 Å². The van der Waals surface area contributed by atoms with E-state index in [0.717, 1.165) is 33.8 Å². The molecule has 0 saturated carbocycles. The lowest BCUT2D eigenvalue weighted by molar-refractivity contribution is 0.103. The first-order valence-electron chi connectivity index (χ1n) is 10.3. The summed E-state index contributed by atoms with van der Waals surface area (Å²) >= 11 is 0. The van der Waals surface area contributed by atoms with Gasteiger partial charge in [-0.15, -0.1) is 0 Å². The van der Waals surface area contributed by atoms with E-state index >= 15 is 0 Å². The number of methoxy groups -OCH3 is 1. The molecule has 0 fully saturated rings. The van der Waals surface area contributed by atoms with Crippen LogP contribution in [0.25, 0.3) is 11.1 Å². The fourth-order valence-electron chi connectivity index (χ4n) is 3.47. The molecule has 4 aromatic rings. The van der Waals surface area contributed by atoms with Crippen LogP contribution in [0.4, 0.5) is 0 Å². The zero-order chi connectivity index (χ0) is 23.0. The lowest BCUT2D eigenvalue weighted by Gasteiger charge is -2.13. The molecule has 2 heterocycles. The zero-order valence-corrected chi connectivity index (χ0v) is 18.1. The summed E-state index contributed by atoms with van der Waals surface area (Å²) in [5.74, 6) is 0.752. The topological polar surface area (TPSA) is 96.8 Å². The third-order valence-corrected chi connectivity index (χ3v) is 5.21. The van der Waals surface area contributed by atoms with Crippen LogP contribution in [0.3, 0.4) is 0 Å². The van der Waals surface area contributed by atoms with E-state index in [1.54, 1.807) is 38.0 Å². The molecule has 33 heavy (non-hydrogen) atoms. The molecule has 0 unspecified atom stereocenters. The predicted octanol–water partition coefficient (Wildman–Crippen LogP) is 4.46. The van der Waals surface area contributed by atoms with Crippen molar-refractivity contribution >= 4 is 0 Å². The monoisotopic (exact) mass is 435 g/mol. The van der Waals surface area contributed by atoms with E-state index in [2.05, 4.69) is 22.1 Å². The number of hydrogen-bond acceptors (Lipinski definition) is 6. The number of rotatable bonds is 8. The van der Waals surface area contributed by atoms with Crippen LogP contribution in [0.5, 0.6) is 5.75 Å². The predicted molar refractivity (Wildman–Crippen MR) is 122 cm³/mol. The summed E-state index contributed by atoms with van der Waals surface area (Å²) in [4.78, 5) is 8.56. The second-order valence-corrected chi connectivity index (χ2v) is 7.37. The Bertz CT molecular complexity index is 1330. The maximum atomic E-state index is 9.35. The maximum absolute atomic E-state index is 9.35. The van der Waals surface area contributed by atoms with E-state index in [9.17, 15) is 5.26 Å². The van der Waals surface area contributed by atoms with Crippen molar-refractivity contribution in [3.63, 3.8) is 0 Å². The highest BCUT2D eigenvalue weighted by Crippen LogP contribution is 2.29. The molecule has 0 aliphatic carbocycles. The zero-order valence-electron chi connectivity index (χ0n) is 18.1. The highest BCUT2D eigenvalue weighted by atomic mass is 16.5. The summed E-state index contributed by atoms with van der Waals surface area (Å²) in [6.07, 6.45) is 5.07. The van der Waals surface area contributed by atoms with E-state index in [-0.39, 0.29) is 0 Å². The Hall–Kier alpha value is -4.46. The Labute approximate surface area is 192 Å². The molecule has 0 bridgehead atoms. The van der Waals surface area contributed by atoms with Gasteiger partial charge in [-0.1, -0.05) is 18.2 Å². The number of imidazole rings is 1. The van der Waals surface area contributed by atoms with Crippen molar-refractivity contribution < 1.29 is 9.47 Å². The summed E-state index contributed by atoms with van der Waals surface area (Å²) in [6.45, 7) is 1.28. The number of pyridine rings is 1. The first-order chi connectivity index (χ1) is 16.2. The van der Waals surface area contributed by atoms with Gasteiger partial charge in [0.15, 0.2) is 0 Å². The van der Waals surface area contributed by atoms with E-state index in [4.69, 9.17) is 14.7 Å². The molecule has 0 spiro atoms. The van der Waals surface area contributed by atoms with Crippen LogP contribution in [0.1, 0.15) is 28.1 Å². The molecule has 0 amide bonds. The van der Waals surface area contributed by atoms with Gasteiger partial charge in [0.2, 0.25) is 0 Å². The smallest absolute Gasteiger partial charge is 0.119 e. The second-order valence-electron chi connectivity index (χ2n) is 7.37. The van der Waals surface area contributed by atoms with Gasteiger partial charge >= 0.3 is 0 Å². The fourth-order valence-corrected chi connectivity index (χ4v) is 3.47. The summed E-state index contributed by atoms with van der Waals surface area (Å²) in [7, 11) is 1.63. The van der Waals surface area contributed by atoms with Crippen LogP contribution in [0, 0.1) is 22.7 Å². The van der Waals surface area contributed by atoms with Gasteiger partial charge in [-0.05, 0) is 53.1 Å². The Morgan fingerprint density at radius 2 is 1.79 bits per heavy atom. The summed E-state index contributed by atoms with van der Waals surface area (Å²) in [5, 5.41) is 18.3. The fraction of sp³-hybridized carbons (Fsp3) is 0.154. The number of hydrogen-bond donors (Lipinski definition) is 0. The van der Waals surface area contributed by atoms with Crippen LogP contribution in [-0.4, -0.2) is 21.6 Å². The third kappa shape index (κ3) is 5.24. The van der Waals surface area contributed by atoms with Gasteiger partial charge in [0.1, 0.15) is 11.8 Å². The van der Waals surface area contributed by atoms with Gasteiger partial charge in [-0.25, -0.2) is 4.98 Å². The van der Waals surface area contributed by atoms with Crippen LogP contribution >= 0.6 is 0 Å². The molecule has 4 rings (SSSR count). The summed E-state index contributed by atoms with van der Waals surface area (Å²) < 4.78 is 13.4. The molecule has 7 heteroatoms. The maximum Gasteiger partial charge on any atom is 0.119 e. The Balaban J connectivity index is 1.48. The molecular formula is C26H21N5O2. The number of nitrogens with zero attached hydrogens (tertiary/aromatic N) is 5. The van der Waals surface area contributed by atoms with E-state index < -0.39 is 0 Å². The van der Waals surface area contributed by atoms with Gasteiger partial charge < -0.3 is 14.0 Å². The highest BCUT2D eigenvalue weighted by Gasteiger charge is 2.10.